The largest absolute Gasteiger partial charge is 0.479 e. The molecule has 1 aliphatic heterocycles. The SMILES string of the molecule is COc1ncnc(C2CC2)c1-n1nc(Cl)c2c1CNCC2. The van der Waals surface area contributed by atoms with Gasteiger partial charge in [-0.25, -0.2) is 9.67 Å². The summed E-state index contributed by atoms with van der Waals surface area (Å²) in [5, 5.41) is 8.46. The van der Waals surface area contributed by atoms with Crippen molar-refractivity contribution in [1.29, 1.82) is 0 Å². The van der Waals surface area contributed by atoms with E-state index in [0.717, 1.165) is 55.0 Å². The zero-order valence-corrected chi connectivity index (χ0v) is 12.5. The molecule has 1 N–H and O–H groups in total. The van der Waals surface area contributed by atoms with Gasteiger partial charge in [0.25, 0.3) is 0 Å². The van der Waals surface area contributed by atoms with E-state index in [-0.39, 0.29) is 0 Å². The number of hydrogen-bond donors (Lipinski definition) is 1. The van der Waals surface area contributed by atoms with Gasteiger partial charge in [0.1, 0.15) is 12.0 Å². The molecule has 0 aromatic carbocycles. The lowest BCUT2D eigenvalue weighted by atomic mass is 10.1. The highest BCUT2D eigenvalue weighted by atomic mass is 35.5. The molecule has 2 aliphatic rings. The van der Waals surface area contributed by atoms with E-state index in [1.54, 1.807) is 13.4 Å². The first-order valence-corrected chi connectivity index (χ1v) is 7.53. The Kier molecular flexibility index (Phi) is 3.08. The van der Waals surface area contributed by atoms with Gasteiger partial charge in [-0.05, 0) is 25.8 Å². The molecule has 4 rings (SSSR count). The van der Waals surface area contributed by atoms with Crippen LogP contribution in [0.15, 0.2) is 6.33 Å². The van der Waals surface area contributed by atoms with Gasteiger partial charge in [0.2, 0.25) is 5.88 Å². The summed E-state index contributed by atoms with van der Waals surface area (Å²) in [6.45, 7) is 1.67. The Morgan fingerprint density at radius 3 is 3.00 bits per heavy atom. The summed E-state index contributed by atoms with van der Waals surface area (Å²) in [7, 11) is 1.62. The zero-order chi connectivity index (χ0) is 14.4. The van der Waals surface area contributed by atoms with Gasteiger partial charge < -0.3 is 10.1 Å². The molecule has 21 heavy (non-hydrogen) atoms. The molecule has 1 fully saturated rings. The lowest BCUT2D eigenvalue weighted by Crippen LogP contribution is -2.25. The summed E-state index contributed by atoms with van der Waals surface area (Å²) in [6.07, 6.45) is 4.76. The van der Waals surface area contributed by atoms with Crippen molar-refractivity contribution in [3.05, 3.63) is 28.4 Å². The fraction of sp³-hybridized carbons (Fsp3) is 0.500. The highest BCUT2D eigenvalue weighted by molar-refractivity contribution is 6.30. The van der Waals surface area contributed by atoms with Crippen LogP contribution in [0.2, 0.25) is 5.15 Å². The minimum atomic E-state index is 0.479. The van der Waals surface area contributed by atoms with E-state index in [1.165, 1.54) is 0 Å². The molecule has 0 unspecified atom stereocenters. The molecule has 0 bridgehead atoms. The smallest absolute Gasteiger partial charge is 0.243 e. The van der Waals surface area contributed by atoms with Gasteiger partial charge in [-0.3, -0.25) is 0 Å². The summed E-state index contributed by atoms with van der Waals surface area (Å²) < 4.78 is 7.31. The minimum Gasteiger partial charge on any atom is -0.479 e. The first-order chi connectivity index (χ1) is 10.3. The van der Waals surface area contributed by atoms with Crippen LogP contribution in [0.1, 0.15) is 35.7 Å². The standard InChI is InChI=1S/C14H16ClN5O/c1-21-14-12(11(8-2-3-8)17-7-18-14)20-10-6-16-5-4-9(10)13(15)19-20/h7-8,16H,2-6H2,1H3. The molecule has 110 valence electrons. The molecule has 1 saturated carbocycles. The summed E-state index contributed by atoms with van der Waals surface area (Å²) in [5.74, 6) is 1.03. The van der Waals surface area contributed by atoms with E-state index in [2.05, 4.69) is 20.4 Å². The van der Waals surface area contributed by atoms with Gasteiger partial charge in [-0.15, -0.1) is 0 Å². The Labute approximate surface area is 127 Å². The van der Waals surface area contributed by atoms with Gasteiger partial charge >= 0.3 is 0 Å². The molecule has 3 heterocycles. The highest BCUT2D eigenvalue weighted by Gasteiger charge is 2.32. The predicted octanol–water partition coefficient (Wildman–Crippen LogP) is 1.85. The third-order valence-electron chi connectivity index (χ3n) is 4.07. The van der Waals surface area contributed by atoms with Gasteiger partial charge in [0.05, 0.1) is 18.5 Å². The predicted molar refractivity (Wildman–Crippen MR) is 78.1 cm³/mol. The second-order valence-corrected chi connectivity index (χ2v) is 5.80. The van der Waals surface area contributed by atoms with Crippen molar-refractivity contribution < 1.29 is 4.74 Å². The van der Waals surface area contributed by atoms with Crippen LogP contribution >= 0.6 is 11.6 Å². The monoisotopic (exact) mass is 305 g/mol. The molecule has 6 nitrogen and oxygen atoms in total. The van der Waals surface area contributed by atoms with Crippen molar-refractivity contribution in [1.82, 2.24) is 25.1 Å². The topological polar surface area (TPSA) is 64.9 Å². The molecular weight excluding hydrogens is 290 g/mol. The van der Waals surface area contributed by atoms with Crippen molar-refractivity contribution >= 4 is 11.6 Å². The van der Waals surface area contributed by atoms with E-state index in [9.17, 15) is 0 Å². The number of aromatic nitrogens is 4. The molecule has 0 saturated heterocycles. The van der Waals surface area contributed by atoms with E-state index in [1.807, 2.05) is 4.68 Å². The Hall–Kier alpha value is -1.66. The number of halogens is 1. The van der Waals surface area contributed by atoms with Gasteiger partial charge in [-0.2, -0.15) is 10.1 Å². The maximum absolute atomic E-state index is 6.31. The van der Waals surface area contributed by atoms with Crippen LogP contribution in [0.3, 0.4) is 0 Å². The van der Waals surface area contributed by atoms with E-state index in [4.69, 9.17) is 16.3 Å². The normalized spacial score (nSPS) is 17.6. The molecule has 1 aliphatic carbocycles. The van der Waals surface area contributed by atoms with Crippen LogP contribution in [0, 0.1) is 0 Å². The Balaban J connectivity index is 1.94. The second kappa shape index (κ2) is 4.96. The number of methoxy groups -OCH3 is 1. The lowest BCUT2D eigenvalue weighted by Gasteiger charge is -2.17. The maximum Gasteiger partial charge on any atom is 0.243 e. The van der Waals surface area contributed by atoms with Crippen molar-refractivity contribution in [3.63, 3.8) is 0 Å². The maximum atomic E-state index is 6.31. The number of nitrogens with one attached hydrogen (secondary N) is 1. The van der Waals surface area contributed by atoms with Crippen molar-refractivity contribution in [2.24, 2.45) is 0 Å². The van der Waals surface area contributed by atoms with E-state index >= 15 is 0 Å². The van der Waals surface area contributed by atoms with Crippen LogP contribution in [0.5, 0.6) is 5.88 Å². The van der Waals surface area contributed by atoms with Gasteiger partial charge in [-0.1, -0.05) is 11.6 Å². The Morgan fingerprint density at radius 2 is 2.24 bits per heavy atom. The van der Waals surface area contributed by atoms with E-state index < -0.39 is 0 Å². The zero-order valence-electron chi connectivity index (χ0n) is 11.8. The van der Waals surface area contributed by atoms with Gasteiger partial charge in [0.15, 0.2) is 5.15 Å². The number of fused-ring (bicyclic) bond motifs is 1. The average Bonchev–Trinajstić information content (AvgIpc) is 3.32. The average molecular weight is 306 g/mol. The molecule has 0 atom stereocenters. The summed E-state index contributed by atoms with van der Waals surface area (Å²) >= 11 is 6.31. The summed E-state index contributed by atoms with van der Waals surface area (Å²) in [5.41, 5.74) is 4.05. The molecule has 0 spiro atoms. The first-order valence-electron chi connectivity index (χ1n) is 7.16. The highest BCUT2D eigenvalue weighted by Crippen LogP contribution is 2.44. The fourth-order valence-electron chi connectivity index (χ4n) is 2.87. The van der Waals surface area contributed by atoms with Crippen molar-refractivity contribution in [2.75, 3.05) is 13.7 Å². The number of hydrogen-bond acceptors (Lipinski definition) is 5. The number of nitrogens with zero attached hydrogens (tertiary/aromatic N) is 4. The minimum absolute atomic E-state index is 0.479. The first kappa shape index (κ1) is 13.0. The molecule has 7 heteroatoms. The fourth-order valence-corrected chi connectivity index (χ4v) is 3.15. The molecule has 2 aromatic rings. The van der Waals surface area contributed by atoms with E-state index in [0.29, 0.717) is 17.0 Å². The van der Waals surface area contributed by atoms with Crippen molar-refractivity contribution in [3.8, 4) is 11.6 Å². The third kappa shape index (κ3) is 2.10. The molecular formula is C14H16ClN5O. The quantitative estimate of drug-likeness (QED) is 0.937. The van der Waals surface area contributed by atoms with Crippen LogP contribution < -0.4 is 10.1 Å². The van der Waals surface area contributed by atoms with Crippen LogP contribution in [-0.4, -0.2) is 33.4 Å². The summed E-state index contributed by atoms with van der Waals surface area (Å²) in [6, 6.07) is 0. The number of ether oxygens (including phenoxy) is 1. The molecule has 2 aromatic heterocycles. The second-order valence-electron chi connectivity index (χ2n) is 5.45. The van der Waals surface area contributed by atoms with Gasteiger partial charge in [0, 0.05) is 18.0 Å². The lowest BCUT2D eigenvalue weighted by molar-refractivity contribution is 0.391. The number of rotatable bonds is 3. The van der Waals surface area contributed by atoms with Crippen LogP contribution in [0.25, 0.3) is 5.69 Å². The molecule has 0 amide bonds. The molecule has 0 radical (unpaired) electrons. The van der Waals surface area contributed by atoms with Crippen LogP contribution in [0.4, 0.5) is 0 Å². The Morgan fingerprint density at radius 1 is 1.38 bits per heavy atom. The van der Waals surface area contributed by atoms with Crippen molar-refractivity contribution in [2.45, 2.75) is 31.7 Å². The third-order valence-corrected chi connectivity index (χ3v) is 4.37. The Bertz CT molecular complexity index is 695. The van der Waals surface area contributed by atoms with Crippen LogP contribution in [-0.2, 0) is 13.0 Å². The summed E-state index contributed by atoms with van der Waals surface area (Å²) in [4.78, 5) is 8.71.